The summed E-state index contributed by atoms with van der Waals surface area (Å²) in [5, 5.41) is 10.7. The van der Waals surface area contributed by atoms with E-state index in [-0.39, 0.29) is 25.7 Å². The lowest BCUT2D eigenvalue weighted by Crippen LogP contribution is -2.30. The highest BCUT2D eigenvalue weighted by atomic mass is 31.2. The Morgan fingerprint density at radius 2 is 0.468 bits per heavy atom. The van der Waals surface area contributed by atoms with Crippen molar-refractivity contribution in [1.29, 1.82) is 0 Å². The van der Waals surface area contributed by atoms with E-state index in [1.165, 1.54) is 302 Å². The Morgan fingerprint density at radius 1 is 0.266 bits per heavy atom. The summed E-state index contributed by atoms with van der Waals surface area (Å²) in [5.41, 5.74) is 0. The van der Waals surface area contributed by atoms with Gasteiger partial charge in [0.05, 0.1) is 26.4 Å². The van der Waals surface area contributed by atoms with Crippen molar-refractivity contribution in [2.75, 3.05) is 39.6 Å². The Bertz CT molecular complexity index is 2080. The molecule has 109 heavy (non-hydrogen) atoms. The molecule has 0 saturated heterocycles. The monoisotopic (exact) mass is 1590 g/mol. The van der Waals surface area contributed by atoms with E-state index < -0.39 is 97.5 Å². The van der Waals surface area contributed by atoms with Crippen LogP contribution in [-0.4, -0.2) is 96.7 Å². The van der Waals surface area contributed by atoms with Gasteiger partial charge in [-0.15, -0.1) is 0 Å². The first-order valence-electron chi connectivity index (χ1n) is 46.5. The number of aliphatic hydroxyl groups excluding tert-OH is 1. The normalized spacial score (nSPS) is 14.0. The Morgan fingerprint density at radius 3 is 0.697 bits per heavy atom. The maximum absolute atomic E-state index is 13.2. The van der Waals surface area contributed by atoms with Gasteiger partial charge in [-0.3, -0.25) is 37.3 Å². The molecule has 0 spiro atoms. The van der Waals surface area contributed by atoms with E-state index in [4.69, 9.17) is 37.0 Å². The number of phosphoric ester groups is 2. The topological polar surface area (TPSA) is 237 Å². The number of esters is 4. The second kappa shape index (κ2) is 81.2. The van der Waals surface area contributed by atoms with Crippen LogP contribution in [0.5, 0.6) is 0 Å². The molecular formula is C90H176O17P2. The number of phosphoric acid groups is 2. The molecule has 0 saturated carbocycles. The lowest BCUT2D eigenvalue weighted by Gasteiger charge is -2.21. The highest BCUT2D eigenvalue weighted by Crippen LogP contribution is 2.45. The second-order valence-corrected chi connectivity index (χ2v) is 36.0. The average molecular weight is 1590 g/mol. The molecule has 0 amide bonds. The quantitative estimate of drug-likeness (QED) is 0.0222. The Labute approximate surface area is 670 Å². The zero-order chi connectivity index (χ0) is 79.9. The molecule has 0 fully saturated rings. The maximum Gasteiger partial charge on any atom is 0.472 e. The summed E-state index contributed by atoms with van der Waals surface area (Å²) >= 11 is 0. The summed E-state index contributed by atoms with van der Waals surface area (Å²) in [7, 11) is -9.93. The molecule has 19 heteroatoms. The molecule has 0 heterocycles. The number of ether oxygens (including phenoxy) is 4. The molecule has 0 aromatic carbocycles. The van der Waals surface area contributed by atoms with E-state index in [0.29, 0.717) is 25.7 Å². The first-order valence-corrected chi connectivity index (χ1v) is 49.5. The number of aliphatic hydroxyl groups is 1. The molecule has 0 aliphatic heterocycles. The highest BCUT2D eigenvalue weighted by molar-refractivity contribution is 7.47. The molecule has 0 radical (unpaired) electrons. The lowest BCUT2D eigenvalue weighted by atomic mass is 9.99. The zero-order valence-corrected chi connectivity index (χ0v) is 73.7. The fraction of sp³-hybridized carbons (Fsp3) is 0.956. The van der Waals surface area contributed by atoms with Crippen molar-refractivity contribution in [3.05, 3.63) is 0 Å². The van der Waals surface area contributed by atoms with Crippen LogP contribution in [0.4, 0.5) is 0 Å². The largest absolute Gasteiger partial charge is 0.472 e. The van der Waals surface area contributed by atoms with E-state index >= 15 is 0 Å². The molecule has 3 unspecified atom stereocenters. The Hall–Kier alpha value is -1.94. The van der Waals surface area contributed by atoms with Gasteiger partial charge in [0.1, 0.15) is 19.3 Å². The van der Waals surface area contributed by atoms with Crippen LogP contribution in [0.1, 0.15) is 485 Å². The van der Waals surface area contributed by atoms with Gasteiger partial charge in [-0.05, 0) is 37.5 Å². The first-order chi connectivity index (χ1) is 52.9. The third kappa shape index (κ3) is 82.4. The van der Waals surface area contributed by atoms with Crippen LogP contribution in [0.3, 0.4) is 0 Å². The number of carbonyl (C=O) groups is 4. The van der Waals surface area contributed by atoms with E-state index in [2.05, 4.69) is 41.5 Å². The number of unbranched alkanes of at least 4 members (excludes halogenated alkanes) is 58. The van der Waals surface area contributed by atoms with Gasteiger partial charge in [-0.2, -0.15) is 0 Å². The van der Waals surface area contributed by atoms with Crippen molar-refractivity contribution in [1.82, 2.24) is 0 Å². The van der Waals surface area contributed by atoms with Crippen LogP contribution in [-0.2, 0) is 65.4 Å². The minimum absolute atomic E-state index is 0.108. The smallest absolute Gasteiger partial charge is 0.462 e. The maximum atomic E-state index is 13.2. The predicted octanol–water partition coefficient (Wildman–Crippen LogP) is 27.8. The fourth-order valence-corrected chi connectivity index (χ4v) is 15.7. The first kappa shape index (κ1) is 107. The summed E-state index contributed by atoms with van der Waals surface area (Å²) in [6, 6.07) is 0. The van der Waals surface area contributed by atoms with E-state index in [1.54, 1.807) is 0 Å². The van der Waals surface area contributed by atoms with Crippen LogP contribution in [0.15, 0.2) is 0 Å². The molecule has 0 aromatic rings. The van der Waals surface area contributed by atoms with Crippen molar-refractivity contribution < 1.29 is 80.2 Å². The van der Waals surface area contributed by atoms with E-state index in [9.17, 15) is 43.2 Å². The zero-order valence-electron chi connectivity index (χ0n) is 71.9. The van der Waals surface area contributed by atoms with Crippen molar-refractivity contribution >= 4 is 39.5 Å². The molecule has 648 valence electrons. The fourth-order valence-electron chi connectivity index (χ4n) is 14.1. The standard InChI is InChI=1S/C90H176O17P2/c1-7-10-12-14-16-18-20-22-23-24-25-29-32-36-43-49-55-61-67-73-88(93)101-79-85(106-89(94)74-68-62-56-50-44-37-33-30-27-26-28-31-35-41-47-53-59-65-71-83(6)9-3)80-104-108(96,97)102-76-84(91)77-103-109(98,99)105-81-86(78-100-87(92)72-66-60-54-48-42-34-21-19-17-15-13-11-8-2)107-90(95)75-69-63-57-51-45-39-38-40-46-52-58-64-70-82(4)5/h82-86,91H,7-81H2,1-6H3,(H,96,97)(H,98,99)/t83?,84-,85-,86-/m1/s1. The van der Waals surface area contributed by atoms with Crippen molar-refractivity contribution in [3.63, 3.8) is 0 Å². The van der Waals surface area contributed by atoms with Crippen LogP contribution in [0.2, 0.25) is 0 Å². The van der Waals surface area contributed by atoms with E-state index in [0.717, 1.165) is 102 Å². The summed E-state index contributed by atoms with van der Waals surface area (Å²) in [6.45, 7) is 9.78. The van der Waals surface area contributed by atoms with Crippen molar-refractivity contribution in [2.24, 2.45) is 11.8 Å². The molecule has 0 bridgehead atoms. The number of carbonyl (C=O) groups excluding carboxylic acids is 4. The molecule has 0 aliphatic rings. The van der Waals surface area contributed by atoms with Crippen LogP contribution < -0.4 is 0 Å². The molecule has 0 aliphatic carbocycles. The van der Waals surface area contributed by atoms with Crippen LogP contribution in [0, 0.1) is 11.8 Å². The number of hydrogen-bond donors (Lipinski definition) is 3. The summed E-state index contributed by atoms with van der Waals surface area (Å²) in [4.78, 5) is 73.4. The second-order valence-electron chi connectivity index (χ2n) is 33.1. The lowest BCUT2D eigenvalue weighted by molar-refractivity contribution is -0.161. The number of hydrogen-bond acceptors (Lipinski definition) is 15. The highest BCUT2D eigenvalue weighted by Gasteiger charge is 2.31. The SMILES string of the molecule is CCCCCCCCCCCCCCCCCCCCCC(=O)OC[C@H](COP(=O)(O)OC[C@@H](O)COP(=O)(O)OC[C@@H](COC(=O)CCCCCCCCCCCCCCC)OC(=O)CCCCCCCCCCCCCCC(C)C)OC(=O)CCCCCCCCCCCCCCCCCCCCC(C)CC. The van der Waals surface area contributed by atoms with Gasteiger partial charge in [-0.25, -0.2) is 9.13 Å². The minimum Gasteiger partial charge on any atom is -0.462 e. The van der Waals surface area contributed by atoms with Crippen molar-refractivity contribution in [2.45, 2.75) is 503 Å². The predicted molar refractivity (Wildman–Crippen MR) is 451 cm³/mol. The minimum atomic E-state index is -4.97. The van der Waals surface area contributed by atoms with Gasteiger partial charge < -0.3 is 33.8 Å². The molecular weight excluding hydrogens is 1410 g/mol. The summed E-state index contributed by atoms with van der Waals surface area (Å²) in [6.07, 6.45) is 74.9. The Kier molecular flexibility index (Phi) is 79.8. The van der Waals surface area contributed by atoms with Gasteiger partial charge in [0.2, 0.25) is 0 Å². The van der Waals surface area contributed by atoms with Gasteiger partial charge in [0, 0.05) is 25.7 Å². The van der Waals surface area contributed by atoms with Crippen LogP contribution >= 0.6 is 15.6 Å². The molecule has 3 N–H and O–H groups in total. The molecule has 17 nitrogen and oxygen atoms in total. The van der Waals surface area contributed by atoms with Gasteiger partial charge in [0.25, 0.3) is 0 Å². The van der Waals surface area contributed by atoms with Crippen LogP contribution in [0.25, 0.3) is 0 Å². The van der Waals surface area contributed by atoms with Gasteiger partial charge in [0.15, 0.2) is 12.2 Å². The molecule has 0 aromatic heterocycles. The third-order valence-electron chi connectivity index (χ3n) is 21.6. The molecule has 0 rings (SSSR count). The van der Waals surface area contributed by atoms with Crippen molar-refractivity contribution in [3.8, 4) is 0 Å². The van der Waals surface area contributed by atoms with Gasteiger partial charge >= 0.3 is 39.5 Å². The summed E-state index contributed by atoms with van der Waals surface area (Å²) in [5.74, 6) is -0.448. The number of rotatable bonds is 89. The van der Waals surface area contributed by atoms with Gasteiger partial charge in [-0.1, -0.05) is 433 Å². The Balaban J connectivity index is 5.25. The average Bonchev–Trinajstić information content (AvgIpc) is 0.899. The molecule has 6 atom stereocenters. The summed E-state index contributed by atoms with van der Waals surface area (Å²) < 4.78 is 69.1. The third-order valence-corrected chi connectivity index (χ3v) is 23.5. The van der Waals surface area contributed by atoms with E-state index in [1.807, 2.05) is 0 Å².